The van der Waals surface area contributed by atoms with Crippen LogP contribution in [-0.2, 0) is 9.47 Å². The number of methoxy groups -OCH3 is 1. The predicted molar refractivity (Wildman–Crippen MR) is 73.0 cm³/mol. The number of aliphatic hydroxyl groups is 2. The molecule has 1 aromatic rings. The van der Waals surface area contributed by atoms with Crippen LogP contribution in [0.5, 0.6) is 0 Å². The summed E-state index contributed by atoms with van der Waals surface area (Å²) in [7, 11) is 1.54. The topological polar surface area (TPSA) is 114 Å². The maximum absolute atomic E-state index is 12.0. The highest BCUT2D eigenvalue weighted by Crippen LogP contribution is 2.36. The fourth-order valence-electron chi connectivity index (χ4n) is 2.57. The Hall–Kier alpha value is -1.48. The summed E-state index contributed by atoms with van der Waals surface area (Å²) in [6.45, 7) is 1.61. The molecular weight excluding hydrogens is 280 g/mol. The number of nitrogens with one attached hydrogen (secondary N) is 1. The van der Waals surface area contributed by atoms with Gasteiger partial charge in [0, 0.05) is 31.4 Å². The molecule has 0 amide bonds. The van der Waals surface area contributed by atoms with E-state index in [9.17, 15) is 19.8 Å². The molecule has 1 aromatic heterocycles. The lowest BCUT2D eigenvalue weighted by molar-refractivity contribution is -0.0488. The molecule has 8 nitrogen and oxygen atoms in total. The largest absolute Gasteiger partial charge is 0.394 e. The highest BCUT2D eigenvalue weighted by atomic mass is 16.5. The van der Waals surface area contributed by atoms with E-state index in [0.29, 0.717) is 18.6 Å². The second-order valence-electron chi connectivity index (χ2n) is 5.16. The zero-order valence-electron chi connectivity index (χ0n) is 12.0. The molecular formula is C13H20N2O6. The Labute approximate surface area is 120 Å². The van der Waals surface area contributed by atoms with Crippen LogP contribution in [0.1, 0.15) is 18.2 Å². The third kappa shape index (κ3) is 3.08. The minimum atomic E-state index is -0.908. The van der Waals surface area contributed by atoms with Gasteiger partial charge in [0.1, 0.15) is 12.3 Å². The predicted octanol–water partition coefficient (Wildman–Crippen LogP) is -1.25. The van der Waals surface area contributed by atoms with Gasteiger partial charge in [-0.3, -0.25) is 14.3 Å². The van der Waals surface area contributed by atoms with E-state index in [0.717, 1.165) is 0 Å². The Morgan fingerprint density at radius 3 is 2.81 bits per heavy atom. The van der Waals surface area contributed by atoms with E-state index in [2.05, 4.69) is 4.98 Å². The van der Waals surface area contributed by atoms with Gasteiger partial charge in [-0.1, -0.05) is 0 Å². The fourth-order valence-corrected chi connectivity index (χ4v) is 2.57. The number of aryl methyl sites for hydroxylation is 1. The molecule has 0 saturated carbocycles. The molecule has 4 atom stereocenters. The molecule has 1 aliphatic heterocycles. The maximum Gasteiger partial charge on any atom is 0.330 e. The van der Waals surface area contributed by atoms with Crippen LogP contribution in [0, 0.1) is 12.8 Å². The van der Waals surface area contributed by atoms with Gasteiger partial charge in [0.15, 0.2) is 0 Å². The van der Waals surface area contributed by atoms with Gasteiger partial charge in [-0.2, -0.15) is 0 Å². The zero-order valence-corrected chi connectivity index (χ0v) is 12.0. The lowest BCUT2D eigenvalue weighted by Gasteiger charge is -2.21. The van der Waals surface area contributed by atoms with Crippen molar-refractivity contribution in [1.82, 2.24) is 9.55 Å². The van der Waals surface area contributed by atoms with Crippen molar-refractivity contribution in [2.24, 2.45) is 5.92 Å². The summed E-state index contributed by atoms with van der Waals surface area (Å²) in [4.78, 5) is 25.6. The van der Waals surface area contributed by atoms with Crippen molar-refractivity contribution in [3.05, 3.63) is 32.6 Å². The molecule has 0 radical (unpaired) electrons. The van der Waals surface area contributed by atoms with Gasteiger partial charge >= 0.3 is 5.69 Å². The summed E-state index contributed by atoms with van der Waals surface area (Å²) in [5.74, 6) is -0.412. The first-order valence-corrected chi connectivity index (χ1v) is 6.75. The zero-order chi connectivity index (χ0) is 15.6. The van der Waals surface area contributed by atoms with Crippen LogP contribution in [0.3, 0.4) is 0 Å². The Bertz CT molecular complexity index is 595. The second kappa shape index (κ2) is 6.52. The third-order valence-corrected chi connectivity index (χ3v) is 3.76. The molecule has 1 aliphatic rings. The number of H-pyrrole nitrogens is 1. The van der Waals surface area contributed by atoms with Crippen molar-refractivity contribution in [1.29, 1.82) is 0 Å². The minimum Gasteiger partial charge on any atom is -0.394 e. The molecule has 0 spiro atoms. The number of nitrogens with zero attached hydrogens (tertiary/aromatic N) is 1. The maximum atomic E-state index is 12.0. The Balaban J connectivity index is 2.37. The molecule has 1 unspecified atom stereocenters. The molecule has 21 heavy (non-hydrogen) atoms. The summed E-state index contributed by atoms with van der Waals surface area (Å²) in [6.07, 6.45) is -0.567. The van der Waals surface area contributed by atoms with Crippen molar-refractivity contribution in [2.75, 3.05) is 20.3 Å². The van der Waals surface area contributed by atoms with E-state index >= 15 is 0 Å². The third-order valence-electron chi connectivity index (χ3n) is 3.76. The van der Waals surface area contributed by atoms with Crippen molar-refractivity contribution in [3.63, 3.8) is 0 Å². The highest BCUT2D eigenvalue weighted by molar-refractivity contribution is 5.03. The summed E-state index contributed by atoms with van der Waals surface area (Å²) >= 11 is 0. The van der Waals surface area contributed by atoms with E-state index in [1.807, 2.05) is 0 Å². The number of ether oxygens (including phenoxy) is 2. The minimum absolute atomic E-state index is 0.349. The SMILES string of the molecule is COCCC1[C@H](n2cc(C)c(=O)[nH]c2=O)O[C@H](CO)[C@H]1O. The van der Waals surface area contributed by atoms with Gasteiger partial charge in [0.25, 0.3) is 5.56 Å². The van der Waals surface area contributed by atoms with Crippen molar-refractivity contribution in [2.45, 2.75) is 31.8 Å². The van der Waals surface area contributed by atoms with Crippen molar-refractivity contribution < 1.29 is 19.7 Å². The Morgan fingerprint density at radius 1 is 1.48 bits per heavy atom. The van der Waals surface area contributed by atoms with Crippen LogP contribution in [0.25, 0.3) is 0 Å². The molecule has 3 N–H and O–H groups in total. The van der Waals surface area contributed by atoms with Crippen LogP contribution >= 0.6 is 0 Å². The molecule has 118 valence electrons. The Morgan fingerprint density at radius 2 is 2.19 bits per heavy atom. The Kier molecular flexibility index (Phi) is 4.94. The lowest BCUT2D eigenvalue weighted by atomic mass is 9.96. The standard InChI is InChI=1S/C13H20N2O6/c1-7-5-15(13(19)14-11(7)18)12-8(3-4-20-2)10(17)9(6-16)21-12/h5,8-10,12,16-17H,3-4,6H2,1-2H3,(H,14,18,19)/t8?,9-,10+,12-/m1/s1. The van der Waals surface area contributed by atoms with Crippen LogP contribution in [0.2, 0.25) is 0 Å². The fraction of sp³-hybridized carbons (Fsp3) is 0.692. The monoisotopic (exact) mass is 300 g/mol. The van der Waals surface area contributed by atoms with Crippen LogP contribution in [0.15, 0.2) is 15.8 Å². The van der Waals surface area contributed by atoms with Crippen LogP contribution in [-0.4, -0.2) is 52.3 Å². The quantitative estimate of drug-likeness (QED) is 0.626. The van der Waals surface area contributed by atoms with Crippen LogP contribution in [0.4, 0.5) is 0 Å². The number of aromatic amines is 1. The number of aliphatic hydroxyl groups excluding tert-OH is 2. The summed E-state index contributed by atoms with van der Waals surface area (Å²) in [6, 6.07) is 0. The van der Waals surface area contributed by atoms with Crippen molar-refractivity contribution in [3.8, 4) is 0 Å². The molecule has 1 saturated heterocycles. The van der Waals surface area contributed by atoms with E-state index in [1.165, 1.54) is 17.9 Å². The molecule has 2 rings (SSSR count). The van der Waals surface area contributed by atoms with E-state index in [1.54, 1.807) is 6.92 Å². The summed E-state index contributed by atoms with van der Waals surface area (Å²) in [5, 5.41) is 19.4. The molecule has 2 heterocycles. The van der Waals surface area contributed by atoms with Gasteiger partial charge in [-0.15, -0.1) is 0 Å². The molecule has 8 heteroatoms. The van der Waals surface area contributed by atoms with E-state index in [4.69, 9.17) is 9.47 Å². The molecule has 1 fully saturated rings. The first-order valence-electron chi connectivity index (χ1n) is 6.75. The summed E-state index contributed by atoms with van der Waals surface area (Å²) in [5.41, 5.74) is -0.698. The molecule has 0 aromatic carbocycles. The molecule has 0 aliphatic carbocycles. The number of aromatic nitrogens is 2. The smallest absolute Gasteiger partial charge is 0.330 e. The highest BCUT2D eigenvalue weighted by Gasteiger charge is 2.44. The second-order valence-corrected chi connectivity index (χ2v) is 5.16. The van der Waals surface area contributed by atoms with Gasteiger partial charge < -0.3 is 19.7 Å². The number of hydrogen-bond acceptors (Lipinski definition) is 6. The first-order chi connectivity index (χ1) is 9.99. The average molecular weight is 300 g/mol. The number of hydrogen-bond donors (Lipinski definition) is 3. The van der Waals surface area contributed by atoms with Gasteiger partial charge in [0.2, 0.25) is 0 Å². The lowest BCUT2D eigenvalue weighted by Crippen LogP contribution is -2.36. The molecule has 0 bridgehead atoms. The van der Waals surface area contributed by atoms with Gasteiger partial charge in [-0.25, -0.2) is 4.79 Å². The van der Waals surface area contributed by atoms with Crippen LogP contribution < -0.4 is 11.2 Å². The first kappa shape index (κ1) is 15.9. The van der Waals surface area contributed by atoms with Gasteiger partial charge in [0.05, 0.1) is 12.7 Å². The van der Waals surface area contributed by atoms with Gasteiger partial charge in [-0.05, 0) is 13.3 Å². The van der Waals surface area contributed by atoms with Crippen molar-refractivity contribution >= 4 is 0 Å². The van der Waals surface area contributed by atoms with E-state index < -0.39 is 35.6 Å². The van der Waals surface area contributed by atoms with E-state index in [-0.39, 0.29) is 6.61 Å². The number of rotatable bonds is 5. The average Bonchev–Trinajstić information content (AvgIpc) is 2.77. The summed E-state index contributed by atoms with van der Waals surface area (Å²) < 4.78 is 11.8. The normalized spacial score (nSPS) is 29.0.